The number of hydrogen-bond acceptors (Lipinski definition) is 4. The van der Waals surface area contributed by atoms with Crippen molar-refractivity contribution in [3.63, 3.8) is 0 Å². The summed E-state index contributed by atoms with van der Waals surface area (Å²) in [6, 6.07) is 6.70. The first-order valence-corrected chi connectivity index (χ1v) is 11.4. The Balaban J connectivity index is 1.31. The highest BCUT2D eigenvalue weighted by molar-refractivity contribution is 7.98. The number of aryl methyl sites for hydroxylation is 3. The maximum atomic E-state index is 12.4. The number of amides is 1. The van der Waals surface area contributed by atoms with Gasteiger partial charge in [0.15, 0.2) is 5.16 Å². The Morgan fingerprint density at radius 1 is 1.19 bits per heavy atom. The van der Waals surface area contributed by atoms with Crippen LogP contribution in [0.25, 0.3) is 0 Å². The second-order valence-electron chi connectivity index (χ2n) is 7.61. The molecule has 2 aromatic rings. The molecule has 4 rings (SSSR count). The molecular weight excluding hydrogens is 356 g/mol. The number of carbonyl (C=O) groups excluding carboxylic acids is 1. The van der Waals surface area contributed by atoms with Crippen molar-refractivity contribution >= 4 is 17.7 Å². The van der Waals surface area contributed by atoms with Crippen LogP contribution >= 0.6 is 11.8 Å². The first-order chi connectivity index (χ1) is 13.3. The van der Waals surface area contributed by atoms with Gasteiger partial charge in [-0.2, -0.15) is 0 Å². The molecule has 1 aromatic carbocycles. The number of rotatable bonds is 7. The molecule has 1 N–H and O–H groups in total. The van der Waals surface area contributed by atoms with Crippen LogP contribution in [-0.2, 0) is 19.3 Å². The minimum Gasteiger partial charge on any atom is -0.352 e. The fourth-order valence-corrected chi connectivity index (χ4v) is 4.98. The third-order valence-electron chi connectivity index (χ3n) is 5.83. The Hall–Kier alpha value is -1.82. The Labute approximate surface area is 165 Å². The molecule has 0 radical (unpaired) electrons. The summed E-state index contributed by atoms with van der Waals surface area (Å²) < 4.78 is 2.35. The Kier molecular flexibility index (Phi) is 5.81. The minimum absolute atomic E-state index is 0.0340. The summed E-state index contributed by atoms with van der Waals surface area (Å²) in [5.41, 5.74) is 3.54. The van der Waals surface area contributed by atoms with Gasteiger partial charge in [0.1, 0.15) is 5.82 Å². The van der Waals surface area contributed by atoms with Gasteiger partial charge >= 0.3 is 0 Å². The number of hydrogen-bond donors (Lipinski definition) is 1. The summed E-state index contributed by atoms with van der Waals surface area (Å²) in [4.78, 5) is 12.4. The van der Waals surface area contributed by atoms with Crippen molar-refractivity contribution in [2.75, 3.05) is 12.8 Å². The highest BCUT2D eigenvalue weighted by atomic mass is 32.2. The molecule has 1 heterocycles. The van der Waals surface area contributed by atoms with Crippen LogP contribution in [0.5, 0.6) is 0 Å². The van der Waals surface area contributed by atoms with E-state index in [1.165, 1.54) is 43.2 Å². The molecule has 1 saturated carbocycles. The first kappa shape index (κ1) is 18.5. The largest absolute Gasteiger partial charge is 0.352 e. The number of nitrogens with zero attached hydrogens (tertiary/aromatic N) is 3. The van der Waals surface area contributed by atoms with Crippen LogP contribution in [0, 0.1) is 0 Å². The van der Waals surface area contributed by atoms with Gasteiger partial charge in [0.05, 0.1) is 0 Å². The van der Waals surface area contributed by atoms with E-state index in [1.807, 2.05) is 6.07 Å². The minimum atomic E-state index is 0.0340. The number of aromatic nitrogens is 3. The lowest BCUT2D eigenvalue weighted by molar-refractivity contribution is 0.0953. The van der Waals surface area contributed by atoms with Gasteiger partial charge in [0, 0.05) is 24.6 Å². The van der Waals surface area contributed by atoms with Gasteiger partial charge in [-0.25, -0.2) is 0 Å². The summed E-state index contributed by atoms with van der Waals surface area (Å²) in [6.07, 6.45) is 12.3. The number of benzene rings is 1. The molecule has 27 heavy (non-hydrogen) atoms. The van der Waals surface area contributed by atoms with Gasteiger partial charge in [0.25, 0.3) is 5.91 Å². The molecule has 1 amide bonds. The number of thioether (sulfide) groups is 1. The molecule has 1 fully saturated rings. The SMILES string of the molecule is CSc1nnc(CCCNC(=O)c2ccc3c(c2)CCC3)n1C1CCCC1. The normalized spacial score (nSPS) is 16.6. The average molecular weight is 385 g/mol. The molecular formula is C21H28N4OS. The molecule has 0 atom stereocenters. The van der Waals surface area contributed by atoms with Gasteiger partial charge in [-0.3, -0.25) is 4.79 Å². The lowest BCUT2D eigenvalue weighted by Gasteiger charge is -2.16. The number of carbonyl (C=O) groups is 1. The Morgan fingerprint density at radius 3 is 2.81 bits per heavy atom. The van der Waals surface area contributed by atoms with Crippen LogP contribution in [0.2, 0.25) is 0 Å². The predicted molar refractivity (Wildman–Crippen MR) is 108 cm³/mol. The molecule has 0 aliphatic heterocycles. The summed E-state index contributed by atoms with van der Waals surface area (Å²) in [5.74, 6) is 1.10. The average Bonchev–Trinajstić information content (AvgIpc) is 3.44. The van der Waals surface area contributed by atoms with E-state index in [0.29, 0.717) is 12.6 Å². The van der Waals surface area contributed by atoms with E-state index < -0.39 is 0 Å². The summed E-state index contributed by atoms with van der Waals surface area (Å²) in [5, 5.41) is 12.9. The predicted octanol–water partition coefficient (Wildman–Crippen LogP) is 3.97. The molecule has 2 aliphatic carbocycles. The zero-order chi connectivity index (χ0) is 18.6. The molecule has 5 nitrogen and oxygen atoms in total. The smallest absolute Gasteiger partial charge is 0.251 e. The summed E-state index contributed by atoms with van der Waals surface area (Å²) in [7, 11) is 0. The van der Waals surface area contributed by atoms with E-state index in [4.69, 9.17) is 0 Å². The molecule has 0 unspecified atom stereocenters. The summed E-state index contributed by atoms with van der Waals surface area (Å²) in [6.45, 7) is 0.669. The van der Waals surface area contributed by atoms with E-state index in [-0.39, 0.29) is 5.91 Å². The van der Waals surface area contributed by atoms with Crippen molar-refractivity contribution in [2.45, 2.75) is 69.0 Å². The Morgan fingerprint density at radius 2 is 2.00 bits per heavy atom. The van der Waals surface area contributed by atoms with E-state index in [0.717, 1.165) is 42.2 Å². The fraction of sp³-hybridized carbons (Fsp3) is 0.571. The van der Waals surface area contributed by atoms with E-state index in [9.17, 15) is 4.79 Å². The molecule has 0 saturated heterocycles. The van der Waals surface area contributed by atoms with Crippen molar-refractivity contribution in [3.8, 4) is 0 Å². The maximum Gasteiger partial charge on any atom is 0.251 e. The van der Waals surface area contributed by atoms with Crippen LogP contribution in [0.15, 0.2) is 23.4 Å². The third kappa shape index (κ3) is 4.05. The van der Waals surface area contributed by atoms with Crippen molar-refractivity contribution in [3.05, 3.63) is 40.7 Å². The topological polar surface area (TPSA) is 59.8 Å². The lowest BCUT2D eigenvalue weighted by atomic mass is 10.1. The Bertz CT molecular complexity index is 811. The van der Waals surface area contributed by atoms with Crippen LogP contribution in [-0.4, -0.2) is 33.5 Å². The molecule has 0 bridgehead atoms. The molecule has 6 heteroatoms. The monoisotopic (exact) mass is 384 g/mol. The second kappa shape index (κ2) is 8.46. The van der Waals surface area contributed by atoms with E-state index in [2.05, 4.69) is 38.5 Å². The van der Waals surface area contributed by atoms with Gasteiger partial charge in [-0.05, 0) is 68.0 Å². The maximum absolute atomic E-state index is 12.4. The van der Waals surface area contributed by atoms with Crippen molar-refractivity contribution in [1.29, 1.82) is 0 Å². The summed E-state index contributed by atoms with van der Waals surface area (Å²) >= 11 is 1.67. The third-order valence-corrected chi connectivity index (χ3v) is 6.47. The van der Waals surface area contributed by atoms with Crippen LogP contribution in [0.3, 0.4) is 0 Å². The van der Waals surface area contributed by atoms with Gasteiger partial charge in [-0.15, -0.1) is 10.2 Å². The second-order valence-corrected chi connectivity index (χ2v) is 8.38. The van der Waals surface area contributed by atoms with Gasteiger partial charge in [-0.1, -0.05) is 30.7 Å². The number of fused-ring (bicyclic) bond motifs is 1. The van der Waals surface area contributed by atoms with E-state index in [1.54, 1.807) is 11.8 Å². The quantitative estimate of drug-likeness (QED) is 0.580. The fourth-order valence-electron chi connectivity index (χ4n) is 4.41. The van der Waals surface area contributed by atoms with Crippen molar-refractivity contribution in [2.24, 2.45) is 0 Å². The van der Waals surface area contributed by atoms with Crippen LogP contribution in [0.1, 0.15) is 71.9 Å². The lowest BCUT2D eigenvalue weighted by Crippen LogP contribution is -2.25. The molecule has 1 aromatic heterocycles. The first-order valence-electron chi connectivity index (χ1n) is 10.1. The van der Waals surface area contributed by atoms with Crippen LogP contribution in [0.4, 0.5) is 0 Å². The number of nitrogens with one attached hydrogen (secondary N) is 1. The van der Waals surface area contributed by atoms with Crippen molar-refractivity contribution in [1.82, 2.24) is 20.1 Å². The van der Waals surface area contributed by atoms with Gasteiger partial charge in [0.2, 0.25) is 0 Å². The highest BCUT2D eigenvalue weighted by Crippen LogP contribution is 2.33. The van der Waals surface area contributed by atoms with Crippen LogP contribution < -0.4 is 5.32 Å². The molecule has 0 spiro atoms. The zero-order valence-electron chi connectivity index (χ0n) is 16.0. The van der Waals surface area contributed by atoms with E-state index >= 15 is 0 Å². The molecule has 2 aliphatic rings. The zero-order valence-corrected chi connectivity index (χ0v) is 16.9. The highest BCUT2D eigenvalue weighted by Gasteiger charge is 2.23. The van der Waals surface area contributed by atoms with Crippen molar-refractivity contribution < 1.29 is 4.79 Å². The standard InChI is InChI=1S/C21H28N4OS/c1-27-21-24-23-19(25(21)18-8-2-3-9-18)10-5-13-22-20(26)17-12-11-15-6-4-7-16(15)14-17/h11-12,14,18H,2-10,13H2,1H3,(H,22,26). The molecule has 144 valence electrons. The van der Waals surface area contributed by atoms with Gasteiger partial charge < -0.3 is 9.88 Å².